The van der Waals surface area contributed by atoms with Crippen LogP contribution in [0.3, 0.4) is 0 Å². The molecule has 4 heterocycles. The van der Waals surface area contributed by atoms with Gasteiger partial charge in [-0.05, 0) is 93.3 Å². The van der Waals surface area contributed by atoms with E-state index in [0.717, 1.165) is 74.1 Å². The number of aromatic nitrogens is 1. The number of rotatable bonds is 4. The van der Waals surface area contributed by atoms with Crippen molar-refractivity contribution in [1.82, 2.24) is 13.8 Å². The van der Waals surface area contributed by atoms with Gasteiger partial charge in [0.15, 0.2) is 0 Å². The normalized spacial score (nSPS) is 20.1. The van der Waals surface area contributed by atoms with Crippen LogP contribution in [-0.2, 0) is 10.0 Å². The summed E-state index contributed by atoms with van der Waals surface area (Å²) in [6.07, 6.45) is 7.28. The highest BCUT2D eigenvalue weighted by molar-refractivity contribution is 7.90. The highest BCUT2D eigenvalue weighted by atomic mass is 32.2. The lowest BCUT2D eigenvalue weighted by Crippen LogP contribution is -2.29. The molecular formula is C29H36N4O3S. The maximum atomic E-state index is 14.1. The summed E-state index contributed by atoms with van der Waals surface area (Å²) in [4.78, 5) is 7.02. The van der Waals surface area contributed by atoms with E-state index in [9.17, 15) is 8.42 Å². The molecule has 8 heteroatoms. The van der Waals surface area contributed by atoms with Crippen LogP contribution in [0.25, 0.3) is 16.5 Å². The third-order valence-electron chi connectivity index (χ3n) is 8.33. The topological polar surface area (TPSA) is 58.0 Å². The van der Waals surface area contributed by atoms with Crippen molar-refractivity contribution in [2.75, 3.05) is 65.4 Å². The molecule has 0 radical (unpaired) electrons. The van der Waals surface area contributed by atoms with Crippen molar-refractivity contribution in [3.8, 4) is 5.75 Å². The summed E-state index contributed by atoms with van der Waals surface area (Å²) in [6, 6.07) is 11.6. The molecule has 1 fully saturated rings. The number of likely N-dealkylation sites (tertiary alicyclic amines) is 1. The molecule has 0 unspecified atom stereocenters. The molecule has 0 spiro atoms. The Morgan fingerprint density at radius 1 is 0.919 bits per heavy atom. The van der Waals surface area contributed by atoms with Gasteiger partial charge in [-0.15, -0.1) is 0 Å². The molecule has 0 amide bonds. The van der Waals surface area contributed by atoms with Crippen LogP contribution in [0.5, 0.6) is 5.75 Å². The summed E-state index contributed by atoms with van der Waals surface area (Å²) in [7, 11) is 2.50. The van der Waals surface area contributed by atoms with Gasteiger partial charge in [-0.1, -0.05) is 12.1 Å². The molecule has 37 heavy (non-hydrogen) atoms. The molecule has 3 aliphatic rings. The van der Waals surface area contributed by atoms with Crippen LogP contribution in [0.15, 0.2) is 53.6 Å². The SMILES string of the molecule is CN1CC=C(c2ccc3c(c2)c(C2CCN(C)CC2)cn3S(=O)(=O)c2ccc3c(c2)OCCN3C)CC1. The van der Waals surface area contributed by atoms with Gasteiger partial charge in [-0.25, -0.2) is 12.4 Å². The fraction of sp³-hybridized carbons (Fsp3) is 0.448. The summed E-state index contributed by atoms with van der Waals surface area (Å²) in [5.41, 5.74) is 5.37. The second-order valence-electron chi connectivity index (χ2n) is 10.8. The number of piperidine rings is 1. The highest BCUT2D eigenvalue weighted by Gasteiger charge is 2.28. The molecule has 0 bridgehead atoms. The van der Waals surface area contributed by atoms with Gasteiger partial charge in [-0.2, -0.15) is 0 Å². The lowest BCUT2D eigenvalue weighted by atomic mass is 9.88. The van der Waals surface area contributed by atoms with Gasteiger partial charge in [0, 0.05) is 37.8 Å². The first kappa shape index (κ1) is 24.5. The third kappa shape index (κ3) is 4.45. The maximum Gasteiger partial charge on any atom is 0.268 e. The van der Waals surface area contributed by atoms with Gasteiger partial charge in [-0.3, -0.25) is 0 Å². The number of fused-ring (bicyclic) bond motifs is 2. The molecular weight excluding hydrogens is 484 g/mol. The Morgan fingerprint density at radius 3 is 2.49 bits per heavy atom. The van der Waals surface area contributed by atoms with Gasteiger partial charge in [0.1, 0.15) is 12.4 Å². The van der Waals surface area contributed by atoms with Crippen LogP contribution in [0.2, 0.25) is 0 Å². The minimum absolute atomic E-state index is 0.260. The van der Waals surface area contributed by atoms with E-state index in [1.54, 1.807) is 12.1 Å². The Labute approximate surface area is 220 Å². The lowest BCUT2D eigenvalue weighted by molar-refractivity contribution is 0.256. The fourth-order valence-corrected chi connectivity index (χ4v) is 7.31. The van der Waals surface area contributed by atoms with Crippen molar-refractivity contribution in [3.05, 3.63) is 59.8 Å². The molecule has 196 valence electrons. The zero-order valence-electron chi connectivity index (χ0n) is 22.0. The van der Waals surface area contributed by atoms with Crippen LogP contribution in [0.1, 0.15) is 36.3 Å². The number of benzene rings is 2. The summed E-state index contributed by atoms with van der Waals surface area (Å²) < 4.78 is 35.4. The number of anilines is 1. The van der Waals surface area contributed by atoms with Crippen LogP contribution < -0.4 is 9.64 Å². The van der Waals surface area contributed by atoms with E-state index < -0.39 is 10.0 Å². The van der Waals surface area contributed by atoms with E-state index in [1.165, 1.54) is 15.1 Å². The largest absolute Gasteiger partial charge is 0.490 e. The molecule has 0 N–H and O–H groups in total. The van der Waals surface area contributed by atoms with Gasteiger partial charge in [0.05, 0.1) is 22.6 Å². The van der Waals surface area contributed by atoms with Gasteiger partial charge in [0.25, 0.3) is 10.0 Å². The Morgan fingerprint density at radius 2 is 1.73 bits per heavy atom. The van der Waals surface area contributed by atoms with Crippen LogP contribution in [0.4, 0.5) is 5.69 Å². The first-order valence-electron chi connectivity index (χ1n) is 13.3. The molecule has 1 aromatic heterocycles. The molecule has 0 atom stereocenters. The molecule has 2 aromatic carbocycles. The molecule has 3 aromatic rings. The third-order valence-corrected chi connectivity index (χ3v) is 10.00. The Kier molecular flexibility index (Phi) is 6.29. The summed E-state index contributed by atoms with van der Waals surface area (Å²) >= 11 is 0. The summed E-state index contributed by atoms with van der Waals surface area (Å²) in [6.45, 7) is 5.37. The molecule has 1 saturated heterocycles. The van der Waals surface area contributed by atoms with Crippen molar-refractivity contribution in [2.45, 2.75) is 30.1 Å². The fourth-order valence-electron chi connectivity index (χ4n) is 5.91. The number of nitrogens with zero attached hydrogens (tertiary/aromatic N) is 4. The predicted molar refractivity (Wildman–Crippen MR) is 149 cm³/mol. The average Bonchev–Trinajstić information content (AvgIpc) is 3.29. The monoisotopic (exact) mass is 520 g/mol. The maximum absolute atomic E-state index is 14.1. The van der Waals surface area contributed by atoms with E-state index >= 15 is 0 Å². The predicted octanol–water partition coefficient (Wildman–Crippen LogP) is 4.24. The van der Waals surface area contributed by atoms with Crippen LogP contribution >= 0.6 is 0 Å². The smallest absolute Gasteiger partial charge is 0.268 e. The summed E-state index contributed by atoms with van der Waals surface area (Å²) in [5, 5.41) is 1.06. The van der Waals surface area contributed by atoms with Crippen molar-refractivity contribution >= 4 is 32.2 Å². The van der Waals surface area contributed by atoms with Gasteiger partial charge in [0.2, 0.25) is 0 Å². The number of hydrogen-bond donors (Lipinski definition) is 0. The molecule has 0 saturated carbocycles. The summed E-state index contributed by atoms with van der Waals surface area (Å²) in [5.74, 6) is 0.968. The van der Waals surface area contributed by atoms with Crippen molar-refractivity contribution < 1.29 is 13.2 Å². The number of hydrogen-bond acceptors (Lipinski definition) is 6. The second-order valence-corrected chi connectivity index (χ2v) is 12.7. The Bertz CT molecular complexity index is 1470. The molecule has 7 nitrogen and oxygen atoms in total. The zero-order chi connectivity index (χ0) is 25.7. The van der Waals surface area contributed by atoms with E-state index in [4.69, 9.17) is 4.74 Å². The molecule has 6 rings (SSSR count). The van der Waals surface area contributed by atoms with E-state index in [-0.39, 0.29) is 4.90 Å². The van der Waals surface area contributed by atoms with Crippen LogP contribution in [0, 0.1) is 0 Å². The van der Waals surface area contributed by atoms with Crippen LogP contribution in [-0.4, -0.2) is 82.7 Å². The van der Waals surface area contributed by atoms with Crippen molar-refractivity contribution in [2.24, 2.45) is 0 Å². The van der Waals surface area contributed by atoms with Crippen molar-refractivity contribution in [1.29, 1.82) is 0 Å². The Hall–Kier alpha value is -2.81. The Balaban J connectivity index is 1.47. The standard InChI is InChI=1S/C29H36N4O3S/c1-30-12-8-21(9-13-30)23-4-6-27-25(18-23)26(22-10-14-31(2)15-11-22)20-33(27)37(34,35)24-5-7-28-29(19-24)36-17-16-32(28)3/h4-8,18-20,22H,9-17H2,1-3H3. The first-order valence-corrected chi connectivity index (χ1v) is 14.7. The average molecular weight is 521 g/mol. The highest BCUT2D eigenvalue weighted by Crippen LogP contribution is 2.39. The van der Waals surface area contributed by atoms with Crippen molar-refractivity contribution in [3.63, 3.8) is 0 Å². The van der Waals surface area contributed by atoms with E-state index in [0.29, 0.717) is 18.3 Å². The molecule has 3 aliphatic heterocycles. The molecule has 0 aliphatic carbocycles. The van der Waals surface area contributed by atoms with E-state index in [2.05, 4.69) is 47.0 Å². The number of likely N-dealkylation sites (N-methyl/N-ethyl adjacent to an activating group) is 2. The number of ether oxygens (including phenoxy) is 1. The minimum Gasteiger partial charge on any atom is -0.490 e. The lowest BCUT2D eigenvalue weighted by Gasteiger charge is -2.29. The quantitative estimate of drug-likeness (QED) is 0.513. The van der Waals surface area contributed by atoms with Gasteiger partial charge < -0.3 is 19.4 Å². The zero-order valence-corrected chi connectivity index (χ0v) is 22.8. The van der Waals surface area contributed by atoms with E-state index in [1.807, 2.05) is 25.4 Å². The van der Waals surface area contributed by atoms with Gasteiger partial charge >= 0.3 is 0 Å². The minimum atomic E-state index is -3.80. The second kappa shape index (κ2) is 9.49. The first-order chi connectivity index (χ1) is 17.8.